The van der Waals surface area contributed by atoms with E-state index in [4.69, 9.17) is 0 Å². The summed E-state index contributed by atoms with van der Waals surface area (Å²) in [6.45, 7) is 2.86. The minimum atomic E-state index is -0.317. The molecular weight excluding hydrogens is 396 g/mol. The van der Waals surface area contributed by atoms with Crippen LogP contribution in [0, 0.1) is 5.92 Å². The minimum Gasteiger partial charge on any atom is -0.330 e. The number of rotatable bonds is 5. The number of nitrogens with zero attached hydrogens (tertiary/aromatic N) is 2. The fraction of sp³-hybridized carbons (Fsp3) is 0.286. The van der Waals surface area contributed by atoms with Gasteiger partial charge < -0.3 is 4.90 Å². The van der Waals surface area contributed by atoms with Crippen molar-refractivity contribution in [3.63, 3.8) is 0 Å². The van der Waals surface area contributed by atoms with E-state index in [1.165, 1.54) is 16.7 Å². The molecule has 2 aliphatic heterocycles. The summed E-state index contributed by atoms with van der Waals surface area (Å²) in [6, 6.07) is 28.7. The number of ketones is 1. The summed E-state index contributed by atoms with van der Waals surface area (Å²) in [5.74, 6) is 0.135. The Balaban J connectivity index is 1.25. The van der Waals surface area contributed by atoms with Crippen molar-refractivity contribution in [2.24, 2.45) is 5.92 Å². The molecule has 0 aromatic heterocycles. The lowest BCUT2D eigenvalue weighted by Gasteiger charge is -2.45. The van der Waals surface area contributed by atoms with Gasteiger partial charge in [0.05, 0.1) is 0 Å². The lowest BCUT2D eigenvalue weighted by molar-refractivity contribution is -0.152. The van der Waals surface area contributed by atoms with Gasteiger partial charge in [0.15, 0.2) is 5.78 Å². The molecular formula is C28H28N2O2. The third-order valence-electron chi connectivity index (χ3n) is 6.73. The maximum Gasteiger partial charge on any atom is 0.224 e. The van der Waals surface area contributed by atoms with E-state index >= 15 is 0 Å². The van der Waals surface area contributed by atoms with Crippen LogP contribution in [-0.4, -0.2) is 47.2 Å². The topological polar surface area (TPSA) is 40.6 Å². The zero-order valence-electron chi connectivity index (χ0n) is 18.2. The molecule has 3 aromatic carbocycles. The van der Waals surface area contributed by atoms with Crippen LogP contribution in [0.5, 0.6) is 0 Å². The molecule has 0 bridgehead atoms. The van der Waals surface area contributed by atoms with Crippen molar-refractivity contribution in [1.29, 1.82) is 0 Å². The molecule has 2 heterocycles. The molecule has 32 heavy (non-hydrogen) atoms. The highest BCUT2D eigenvalue weighted by molar-refractivity contribution is 5.97. The second-order valence-corrected chi connectivity index (χ2v) is 8.89. The molecule has 2 atom stereocenters. The molecule has 0 saturated carbocycles. The van der Waals surface area contributed by atoms with Gasteiger partial charge >= 0.3 is 0 Å². The van der Waals surface area contributed by atoms with Gasteiger partial charge in [0.25, 0.3) is 0 Å². The Bertz CT molecular complexity index is 1080. The van der Waals surface area contributed by atoms with Gasteiger partial charge in [0, 0.05) is 38.5 Å². The van der Waals surface area contributed by atoms with Crippen molar-refractivity contribution < 1.29 is 9.59 Å². The normalized spacial score (nSPS) is 21.4. The Morgan fingerprint density at radius 2 is 1.38 bits per heavy atom. The van der Waals surface area contributed by atoms with Gasteiger partial charge in [-0.15, -0.1) is 0 Å². The largest absolute Gasteiger partial charge is 0.330 e. The van der Waals surface area contributed by atoms with Crippen LogP contribution in [0.3, 0.4) is 0 Å². The molecule has 2 fully saturated rings. The molecule has 2 saturated heterocycles. The van der Waals surface area contributed by atoms with E-state index in [-0.39, 0.29) is 23.7 Å². The first-order chi connectivity index (χ1) is 15.7. The van der Waals surface area contributed by atoms with E-state index in [1.54, 1.807) is 0 Å². The molecule has 162 valence electrons. The van der Waals surface area contributed by atoms with E-state index in [1.807, 2.05) is 41.3 Å². The number of piperazine rings is 1. The summed E-state index contributed by atoms with van der Waals surface area (Å²) >= 11 is 0. The summed E-state index contributed by atoms with van der Waals surface area (Å²) in [7, 11) is 0. The highest BCUT2D eigenvalue weighted by Gasteiger charge is 2.43. The zero-order chi connectivity index (χ0) is 21.9. The molecule has 2 unspecified atom stereocenters. The molecule has 0 radical (unpaired) electrons. The van der Waals surface area contributed by atoms with E-state index in [9.17, 15) is 9.59 Å². The smallest absolute Gasteiger partial charge is 0.224 e. The first-order valence-electron chi connectivity index (χ1n) is 11.4. The van der Waals surface area contributed by atoms with E-state index in [0.29, 0.717) is 25.9 Å². The van der Waals surface area contributed by atoms with E-state index < -0.39 is 0 Å². The summed E-state index contributed by atoms with van der Waals surface area (Å²) in [5, 5.41) is 0. The number of amides is 1. The van der Waals surface area contributed by atoms with Crippen molar-refractivity contribution in [3.05, 3.63) is 96.1 Å². The van der Waals surface area contributed by atoms with Crippen LogP contribution in [0.4, 0.5) is 0 Å². The number of hydrogen-bond acceptors (Lipinski definition) is 3. The van der Waals surface area contributed by atoms with Gasteiger partial charge in [0.1, 0.15) is 6.04 Å². The number of benzene rings is 3. The number of Topliss-reactive ketones (excluding diaryl/α,β-unsaturated/α-hetero) is 1. The first-order valence-corrected chi connectivity index (χ1v) is 11.4. The quantitative estimate of drug-likeness (QED) is 0.616. The zero-order valence-corrected chi connectivity index (χ0v) is 18.2. The van der Waals surface area contributed by atoms with Crippen LogP contribution in [0.2, 0.25) is 0 Å². The molecule has 4 nitrogen and oxygen atoms in total. The van der Waals surface area contributed by atoms with Crippen LogP contribution in [0.1, 0.15) is 17.5 Å². The SMILES string of the molecule is O=C1C(Cc2ccccc2)CC(=O)N2CCN(Cc3ccc(-c4ccccc4)cc3)CC12. The van der Waals surface area contributed by atoms with E-state index in [2.05, 4.69) is 53.4 Å². The first kappa shape index (κ1) is 20.7. The molecule has 4 heteroatoms. The monoisotopic (exact) mass is 424 g/mol. The standard InChI is InChI=1S/C28H28N2O2/c31-27-18-25(17-21-7-3-1-4-8-21)28(32)26-20-29(15-16-30(26)27)19-22-11-13-24(14-12-22)23-9-5-2-6-10-23/h1-14,25-26H,15-20H2. The molecule has 3 aromatic rings. The number of hydrogen-bond donors (Lipinski definition) is 0. The molecule has 2 aliphatic rings. The second kappa shape index (κ2) is 9.09. The summed E-state index contributed by atoms with van der Waals surface area (Å²) in [5.41, 5.74) is 4.77. The maximum absolute atomic E-state index is 13.3. The molecule has 0 spiro atoms. The average Bonchev–Trinajstić information content (AvgIpc) is 2.84. The maximum atomic E-state index is 13.3. The summed E-state index contributed by atoms with van der Waals surface area (Å²) < 4.78 is 0. The van der Waals surface area contributed by atoms with Crippen LogP contribution in [0.15, 0.2) is 84.9 Å². The highest BCUT2D eigenvalue weighted by Crippen LogP contribution is 2.28. The average molecular weight is 425 g/mol. The van der Waals surface area contributed by atoms with Crippen LogP contribution >= 0.6 is 0 Å². The predicted octanol–water partition coefficient (Wildman–Crippen LogP) is 4.20. The Labute approximate surface area is 189 Å². The lowest BCUT2D eigenvalue weighted by Crippen LogP contribution is -2.62. The molecule has 5 rings (SSSR count). The van der Waals surface area contributed by atoms with Crippen LogP contribution in [0.25, 0.3) is 11.1 Å². The van der Waals surface area contributed by atoms with Gasteiger partial charge in [-0.1, -0.05) is 84.9 Å². The third kappa shape index (κ3) is 4.37. The molecule has 0 aliphatic carbocycles. The number of carbonyl (C=O) groups excluding carboxylic acids is 2. The van der Waals surface area contributed by atoms with Crippen molar-refractivity contribution in [3.8, 4) is 11.1 Å². The Kier molecular flexibility index (Phi) is 5.87. The number of piperidine rings is 1. The van der Waals surface area contributed by atoms with Crippen LogP contribution < -0.4 is 0 Å². The van der Waals surface area contributed by atoms with Gasteiger partial charge in [0.2, 0.25) is 5.91 Å². The van der Waals surface area contributed by atoms with Gasteiger partial charge in [-0.3, -0.25) is 14.5 Å². The summed E-state index contributed by atoms with van der Waals surface area (Å²) in [4.78, 5) is 30.2. The fourth-order valence-corrected chi connectivity index (χ4v) is 4.99. The van der Waals surface area contributed by atoms with Crippen molar-refractivity contribution in [2.75, 3.05) is 19.6 Å². The van der Waals surface area contributed by atoms with E-state index in [0.717, 1.165) is 18.7 Å². The highest BCUT2D eigenvalue weighted by atomic mass is 16.2. The van der Waals surface area contributed by atoms with Crippen molar-refractivity contribution >= 4 is 11.7 Å². The Morgan fingerprint density at radius 3 is 2.09 bits per heavy atom. The third-order valence-corrected chi connectivity index (χ3v) is 6.73. The second-order valence-electron chi connectivity index (χ2n) is 8.89. The number of carbonyl (C=O) groups is 2. The molecule has 0 N–H and O–H groups in total. The van der Waals surface area contributed by atoms with Crippen molar-refractivity contribution in [1.82, 2.24) is 9.80 Å². The fourth-order valence-electron chi connectivity index (χ4n) is 4.99. The lowest BCUT2D eigenvalue weighted by atomic mass is 9.83. The van der Waals surface area contributed by atoms with Gasteiger partial charge in [-0.05, 0) is 28.7 Å². The van der Waals surface area contributed by atoms with Gasteiger partial charge in [-0.25, -0.2) is 0 Å². The van der Waals surface area contributed by atoms with Crippen molar-refractivity contribution in [2.45, 2.75) is 25.4 Å². The minimum absolute atomic E-state index is 0.127. The Morgan fingerprint density at radius 1 is 0.719 bits per heavy atom. The molecule has 1 amide bonds. The van der Waals surface area contributed by atoms with Crippen LogP contribution in [-0.2, 0) is 22.6 Å². The Hall–Kier alpha value is -3.24. The predicted molar refractivity (Wildman–Crippen MR) is 126 cm³/mol. The number of fused-ring (bicyclic) bond motifs is 1. The van der Waals surface area contributed by atoms with Gasteiger partial charge in [-0.2, -0.15) is 0 Å². The summed E-state index contributed by atoms with van der Waals surface area (Å²) in [6.07, 6.45) is 0.988.